The predicted octanol–water partition coefficient (Wildman–Crippen LogP) is 2.16. The van der Waals surface area contributed by atoms with Gasteiger partial charge < -0.3 is 4.74 Å². The van der Waals surface area contributed by atoms with Crippen LogP contribution in [0.3, 0.4) is 0 Å². The van der Waals surface area contributed by atoms with Gasteiger partial charge >= 0.3 is 0 Å². The van der Waals surface area contributed by atoms with Crippen molar-refractivity contribution in [1.29, 1.82) is 0 Å². The Morgan fingerprint density at radius 1 is 1.27 bits per heavy atom. The van der Waals surface area contributed by atoms with Gasteiger partial charge in [0.2, 0.25) is 0 Å². The van der Waals surface area contributed by atoms with Crippen molar-refractivity contribution in [2.24, 2.45) is 5.10 Å². The van der Waals surface area contributed by atoms with Crippen LogP contribution in [0.1, 0.15) is 11.1 Å². The maximum Gasteiger partial charge on any atom is 0.261 e. The molecule has 132 valence electrons. The summed E-state index contributed by atoms with van der Waals surface area (Å²) in [6.45, 7) is 0.418. The molecule has 3 rings (SSSR count). The molecule has 0 radical (unpaired) electrons. The molecule has 1 N–H and O–H groups in total. The predicted molar refractivity (Wildman–Crippen MR) is 98.5 cm³/mol. The van der Waals surface area contributed by atoms with Gasteiger partial charge in [-0.3, -0.25) is 4.79 Å². The van der Waals surface area contributed by atoms with Crippen LogP contribution in [0.25, 0.3) is 0 Å². The van der Waals surface area contributed by atoms with Gasteiger partial charge in [-0.25, -0.2) is 10.1 Å². The van der Waals surface area contributed by atoms with E-state index in [0.717, 1.165) is 15.6 Å². The number of carbonyl (C=O) groups is 1. The molecule has 0 aliphatic rings. The van der Waals surface area contributed by atoms with Crippen molar-refractivity contribution in [3.8, 4) is 5.75 Å². The molecule has 0 saturated heterocycles. The Bertz CT molecular complexity index is 898. The molecule has 0 fully saturated rings. The minimum atomic E-state index is -0.332. The first-order chi connectivity index (χ1) is 12.7. The molecule has 0 saturated carbocycles. The number of nitrogens with zero attached hydrogens (tertiary/aromatic N) is 5. The zero-order chi connectivity index (χ0) is 18.2. The summed E-state index contributed by atoms with van der Waals surface area (Å²) in [7, 11) is 0. The highest BCUT2D eigenvalue weighted by Gasteiger charge is 2.04. The van der Waals surface area contributed by atoms with Gasteiger partial charge in [-0.05, 0) is 40.3 Å². The summed E-state index contributed by atoms with van der Waals surface area (Å²) in [4.78, 5) is 11.8. The molecule has 26 heavy (non-hydrogen) atoms. The van der Waals surface area contributed by atoms with Crippen LogP contribution < -0.4 is 10.2 Å². The molecular weight excluding hydrogens is 400 g/mol. The van der Waals surface area contributed by atoms with Crippen LogP contribution in [0.4, 0.5) is 0 Å². The van der Waals surface area contributed by atoms with Gasteiger partial charge in [-0.15, -0.1) is 5.10 Å². The van der Waals surface area contributed by atoms with E-state index in [4.69, 9.17) is 4.74 Å². The smallest absolute Gasteiger partial charge is 0.261 e. The van der Waals surface area contributed by atoms with Crippen LogP contribution in [0.2, 0.25) is 0 Å². The third-order valence-electron chi connectivity index (χ3n) is 3.29. The normalized spacial score (nSPS) is 10.8. The number of ether oxygens (including phenoxy) is 1. The molecule has 0 unspecified atom stereocenters. The highest BCUT2D eigenvalue weighted by molar-refractivity contribution is 9.10. The Morgan fingerprint density at radius 3 is 2.96 bits per heavy atom. The molecule has 0 atom stereocenters. The van der Waals surface area contributed by atoms with Crippen LogP contribution in [-0.2, 0) is 17.9 Å². The Hall–Kier alpha value is -3.07. The van der Waals surface area contributed by atoms with Gasteiger partial charge in [0.05, 0.1) is 6.21 Å². The summed E-state index contributed by atoms with van der Waals surface area (Å²) in [6.07, 6.45) is 2.89. The second-order valence-corrected chi connectivity index (χ2v) is 6.17. The molecule has 0 spiro atoms. The van der Waals surface area contributed by atoms with Crippen molar-refractivity contribution in [1.82, 2.24) is 25.6 Å². The topological polar surface area (TPSA) is 94.3 Å². The number of hydrazone groups is 1. The Morgan fingerprint density at radius 2 is 2.15 bits per heavy atom. The lowest BCUT2D eigenvalue weighted by Gasteiger charge is -2.09. The van der Waals surface area contributed by atoms with Gasteiger partial charge in [-0.1, -0.05) is 40.2 Å². The average molecular weight is 415 g/mol. The number of rotatable bonds is 7. The molecule has 1 aromatic heterocycles. The first kappa shape index (κ1) is 17.7. The van der Waals surface area contributed by atoms with E-state index >= 15 is 0 Å². The zero-order valence-corrected chi connectivity index (χ0v) is 15.2. The number of amides is 1. The highest BCUT2D eigenvalue weighted by Crippen LogP contribution is 2.19. The van der Waals surface area contributed by atoms with Crippen molar-refractivity contribution in [3.05, 3.63) is 70.5 Å². The summed E-state index contributed by atoms with van der Waals surface area (Å²) in [5.41, 5.74) is 4.23. The van der Waals surface area contributed by atoms with E-state index in [9.17, 15) is 4.79 Å². The maximum absolute atomic E-state index is 11.8. The number of carbonyl (C=O) groups excluding carboxylic acids is 1. The largest absolute Gasteiger partial charge is 0.488 e. The third-order valence-corrected chi connectivity index (χ3v) is 3.79. The fraction of sp³-hybridized carbons (Fsp3) is 0.118. The second kappa shape index (κ2) is 8.86. The van der Waals surface area contributed by atoms with Crippen molar-refractivity contribution in [2.75, 3.05) is 0 Å². The van der Waals surface area contributed by atoms with E-state index in [1.807, 2.05) is 48.5 Å². The van der Waals surface area contributed by atoms with Gasteiger partial charge in [0.25, 0.3) is 5.91 Å². The fourth-order valence-electron chi connectivity index (χ4n) is 2.12. The molecule has 2 aromatic carbocycles. The Labute approximate surface area is 158 Å². The molecular formula is C17H15BrN6O2. The van der Waals surface area contributed by atoms with E-state index in [1.165, 1.54) is 17.2 Å². The van der Waals surface area contributed by atoms with Gasteiger partial charge in [0.1, 0.15) is 25.2 Å². The molecule has 9 heteroatoms. The minimum absolute atomic E-state index is 0.00856. The van der Waals surface area contributed by atoms with Gasteiger partial charge in [0.15, 0.2) is 0 Å². The monoisotopic (exact) mass is 414 g/mol. The molecule has 8 nitrogen and oxygen atoms in total. The average Bonchev–Trinajstić information content (AvgIpc) is 3.14. The molecule has 1 heterocycles. The highest BCUT2D eigenvalue weighted by atomic mass is 79.9. The number of nitrogens with one attached hydrogen (secondary N) is 1. The number of halogens is 1. The maximum atomic E-state index is 11.8. The molecule has 3 aromatic rings. The van der Waals surface area contributed by atoms with E-state index in [2.05, 4.69) is 42.0 Å². The summed E-state index contributed by atoms with van der Waals surface area (Å²) in [5.74, 6) is 0.340. The standard InChI is InChI=1S/C17H15BrN6O2/c18-15-6-3-4-13(8-15)11-26-16-7-2-1-5-14(16)9-19-21-17(25)10-24-12-20-22-23-24/h1-9,12H,10-11H2,(H,21,25)/b19-9+. The number of aromatic nitrogens is 4. The van der Waals surface area contributed by atoms with Crippen molar-refractivity contribution in [3.63, 3.8) is 0 Å². The first-order valence-electron chi connectivity index (χ1n) is 7.69. The van der Waals surface area contributed by atoms with Crippen molar-refractivity contribution >= 4 is 28.1 Å². The van der Waals surface area contributed by atoms with Crippen molar-refractivity contribution < 1.29 is 9.53 Å². The summed E-state index contributed by atoms with van der Waals surface area (Å²) >= 11 is 3.44. The van der Waals surface area contributed by atoms with E-state index < -0.39 is 0 Å². The molecule has 0 bridgehead atoms. The van der Waals surface area contributed by atoms with Crippen LogP contribution in [0.15, 0.2) is 64.4 Å². The molecule has 0 aliphatic carbocycles. The lowest BCUT2D eigenvalue weighted by Crippen LogP contribution is -2.23. The fourth-order valence-corrected chi connectivity index (χ4v) is 2.56. The Balaban J connectivity index is 1.58. The van der Waals surface area contributed by atoms with Crippen molar-refractivity contribution in [2.45, 2.75) is 13.2 Å². The third kappa shape index (κ3) is 5.21. The van der Waals surface area contributed by atoms with Crippen LogP contribution in [0, 0.1) is 0 Å². The molecule has 1 amide bonds. The number of benzene rings is 2. The lowest BCUT2D eigenvalue weighted by atomic mass is 10.2. The van der Waals surface area contributed by atoms with Crippen LogP contribution in [0.5, 0.6) is 5.75 Å². The summed E-state index contributed by atoms with van der Waals surface area (Å²) in [6, 6.07) is 15.4. The van der Waals surface area contributed by atoms with E-state index in [0.29, 0.717) is 12.4 Å². The first-order valence-corrected chi connectivity index (χ1v) is 8.49. The van der Waals surface area contributed by atoms with E-state index in [1.54, 1.807) is 0 Å². The van der Waals surface area contributed by atoms with E-state index in [-0.39, 0.29) is 12.5 Å². The quantitative estimate of drug-likeness (QED) is 0.472. The minimum Gasteiger partial charge on any atom is -0.488 e. The number of hydrogen-bond donors (Lipinski definition) is 1. The second-order valence-electron chi connectivity index (χ2n) is 5.26. The summed E-state index contributed by atoms with van der Waals surface area (Å²) in [5, 5.41) is 14.5. The lowest BCUT2D eigenvalue weighted by molar-refractivity contribution is -0.121. The number of hydrogen-bond acceptors (Lipinski definition) is 6. The number of tetrazole rings is 1. The summed E-state index contributed by atoms with van der Waals surface area (Å²) < 4.78 is 8.17. The Kier molecular flexibility index (Phi) is 6.05. The zero-order valence-electron chi connectivity index (χ0n) is 13.6. The molecule has 0 aliphatic heterocycles. The van der Waals surface area contributed by atoms with Crippen LogP contribution >= 0.6 is 15.9 Å². The van der Waals surface area contributed by atoms with Crippen LogP contribution in [-0.4, -0.2) is 32.3 Å². The van der Waals surface area contributed by atoms with Gasteiger partial charge in [-0.2, -0.15) is 5.10 Å². The number of para-hydroxylation sites is 1. The van der Waals surface area contributed by atoms with Gasteiger partial charge in [0, 0.05) is 10.0 Å². The SMILES string of the molecule is O=C(Cn1cnnn1)N/N=C/c1ccccc1OCc1cccc(Br)c1.